The Bertz CT molecular complexity index is 1090. The summed E-state index contributed by atoms with van der Waals surface area (Å²) in [6.45, 7) is 5.53. The van der Waals surface area contributed by atoms with Gasteiger partial charge in [0.05, 0.1) is 12.1 Å². The van der Waals surface area contributed by atoms with Gasteiger partial charge < -0.3 is 15.4 Å². The van der Waals surface area contributed by atoms with Gasteiger partial charge in [-0.2, -0.15) is 18.2 Å². The molecule has 2 aromatic rings. The third-order valence-electron chi connectivity index (χ3n) is 6.06. The van der Waals surface area contributed by atoms with Crippen LogP contribution in [0.2, 0.25) is 0 Å². The van der Waals surface area contributed by atoms with Gasteiger partial charge in [0.1, 0.15) is 17.0 Å². The molecule has 1 saturated carbocycles. The molecule has 1 amide bonds. The summed E-state index contributed by atoms with van der Waals surface area (Å²) < 4.78 is 45.6. The Morgan fingerprint density at radius 3 is 2.42 bits per heavy atom. The molecule has 5 rings (SSSR count). The number of hydrogen-bond acceptors (Lipinski definition) is 6. The number of benzene rings is 1. The van der Waals surface area contributed by atoms with Crippen molar-refractivity contribution in [2.75, 3.05) is 10.6 Å². The zero-order chi connectivity index (χ0) is 23.5. The molecule has 0 spiro atoms. The number of nitrogens with zero attached hydrogens (tertiary/aromatic N) is 3. The van der Waals surface area contributed by atoms with E-state index in [0.717, 1.165) is 43.0 Å². The predicted molar refractivity (Wildman–Crippen MR) is 116 cm³/mol. The van der Waals surface area contributed by atoms with Crippen molar-refractivity contribution in [3.05, 3.63) is 41.1 Å². The highest BCUT2D eigenvalue weighted by atomic mass is 19.4. The number of halogens is 3. The van der Waals surface area contributed by atoms with E-state index in [9.17, 15) is 18.0 Å². The first kappa shape index (κ1) is 21.8. The number of amides is 1. The first-order valence-electron chi connectivity index (χ1n) is 11.1. The van der Waals surface area contributed by atoms with E-state index < -0.39 is 17.3 Å². The Morgan fingerprint density at radius 2 is 1.79 bits per heavy atom. The second-order valence-electron chi connectivity index (χ2n) is 9.84. The minimum atomic E-state index is -4.53. The highest BCUT2D eigenvalue weighted by Gasteiger charge is 2.48. The maximum atomic E-state index is 13.3. The van der Waals surface area contributed by atoms with E-state index in [1.165, 1.54) is 0 Å². The highest BCUT2D eigenvalue weighted by Crippen LogP contribution is 2.54. The van der Waals surface area contributed by atoms with Crippen LogP contribution in [0.1, 0.15) is 75.2 Å². The van der Waals surface area contributed by atoms with Crippen LogP contribution in [-0.2, 0) is 10.9 Å². The molecule has 2 aliphatic heterocycles. The average molecular weight is 461 g/mol. The van der Waals surface area contributed by atoms with Crippen molar-refractivity contribution >= 4 is 23.5 Å². The monoisotopic (exact) mass is 461 g/mol. The van der Waals surface area contributed by atoms with Crippen LogP contribution in [0, 0.1) is 0 Å². The van der Waals surface area contributed by atoms with E-state index in [1.807, 2.05) is 39.0 Å². The van der Waals surface area contributed by atoms with Gasteiger partial charge in [-0.25, -0.2) is 9.78 Å². The maximum absolute atomic E-state index is 13.3. The Balaban J connectivity index is 1.38. The first-order chi connectivity index (χ1) is 15.5. The second-order valence-corrected chi connectivity index (χ2v) is 9.84. The van der Waals surface area contributed by atoms with Crippen LogP contribution in [0.5, 0.6) is 0 Å². The molecule has 0 radical (unpaired) electrons. The van der Waals surface area contributed by atoms with Gasteiger partial charge in [0.15, 0.2) is 0 Å². The van der Waals surface area contributed by atoms with Gasteiger partial charge in [-0.15, -0.1) is 0 Å². The molecule has 1 saturated heterocycles. The lowest BCUT2D eigenvalue weighted by Crippen LogP contribution is -2.34. The summed E-state index contributed by atoms with van der Waals surface area (Å²) in [6, 6.07) is 5.62. The van der Waals surface area contributed by atoms with Crippen molar-refractivity contribution in [3.8, 4) is 0 Å². The number of rotatable bonds is 4. The maximum Gasteiger partial charge on any atom is 0.421 e. The standard InChI is InChI=1S/C23H26F3N5O2/c1-22(2,3)33-21(32)31-17-8-9-18(31)15-10-13(6-7-14(15)17)29-20-27-11-16(23(24,25)26)19(30-20)28-12-4-5-12/h6-7,10-12,17-18H,4-5,8-9H2,1-3H3,(H2,27,28,29,30). The lowest BCUT2D eigenvalue weighted by Gasteiger charge is -2.27. The van der Waals surface area contributed by atoms with Crippen molar-refractivity contribution in [2.45, 2.75) is 76.4 Å². The van der Waals surface area contributed by atoms with E-state index in [2.05, 4.69) is 20.6 Å². The number of aromatic nitrogens is 2. The fourth-order valence-electron chi connectivity index (χ4n) is 4.55. The smallest absolute Gasteiger partial charge is 0.421 e. The van der Waals surface area contributed by atoms with Gasteiger partial charge in [0.2, 0.25) is 5.95 Å². The minimum Gasteiger partial charge on any atom is -0.444 e. The summed E-state index contributed by atoms with van der Waals surface area (Å²) in [5.41, 5.74) is 1.30. The molecule has 176 valence electrons. The molecule has 10 heteroatoms. The lowest BCUT2D eigenvalue weighted by atomic mass is 9.91. The summed E-state index contributed by atoms with van der Waals surface area (Å²) in [5.74, 6) is -0.128. The first-order valence-corrected chi connectivity index (χ1v) is 11.1. The number of nitrogens with one attached hydrogen (secondary N) is 2. The zero-order valence-electron chi connectivity index (χ0n) is 18.7. The summed E-state index contributed by atoms with van der Waals surface area (Å²) >= 11 is 0. The van der Waals surface area contributed by atoms with Gasteiger partial charge in [0, 0.05) is 17.9 Å². The number of carbonyl (C=O) groups is 1. The van der Waals surface area contributed by atoms with Crippen molar-refractivity contribution < 1.29 is 22.7 Å². The highest BCUT2D eigenvalue weighted by molar-refractivity contribution is 5.73. The molecule has 2 bridgehead atoms. The molecule has 2 unspecified atom stereocenters. The van der Waals surface area contributed by atoms with Crippen LogP contribution in [0.25, 0.3) is 0 Å². The molecule has 2 fully saturated rings. The molecule has 3 heterocycles. The third-order valence-corrected chi connectivity index (χ3v) is 6.06. The van der Waals surface area contributed by atoms with Crippen LogP contribution in [0.3, 0.4) is 0 Å². The van der Waals surface area contributed by atoms with Crippen molar-refractivity contribution in [1.29, 1.82) is 0 Å². The number of alkyl halides is 3. The van der Waals surface area contributed by atoms with Crippen molar-refractivity contribution in [2.24, 2.45) is 0 Å². The van der Waals surface area contributed by atoms with Gasteiger partial charge >= 0.3 is 12.3 Å². The molecule has 2 atom stereocenters. The molecule has 2 N–H and O–H groups in total. The van der Waals surface area contributed by atoms with Gasteiger partial charge in [0.25, 0.3) is 0 Å². The van der Waals surface area contributed by atoms with E-state index in [4.69, 9.17) is 4.74 Å². The number of ether oxygens (including phenoxy) is 1. The Labute approximate surface area is 189 Å². The van der Waals surface area contributed by atoms with E-state index in [1.54, 1.807) is 4.90 Å². The molecule has 3 aliphatic rings. The molecular formula is C23H26F3N5O2. The number of fused-ring (bicyclic) bond motifs is 5. The van der Waals surface area contributed by atoms with Crippen LogP contribution in [-0.4, -0.2) is 32.6 Å². The molecule has 33 heavy (non-hydrogen) atoms. The Kier molecular flexibility index (Phi) is 4.95. The van der Waals surface area contributed by atoms with Gasteiger partial charge in [-0.3, -0.25) is 4.90 Å². The largest absolute Gasteiger partial charge is 0.444 e. The second kappa shape index (κ2) is 7.50. The summed E-state index contributed by atoms with van der Waals surface area (Å²) in [5, 5.41) is 5.87. The minimum absolute atomic E-state index is 0.0169. The molecule has 7 nitrogen and oxygen atoms in total. The topological polar surface area (TPSA) is 79.4 Å². The fourth-order valence-corrected chi connectivity index (χ4v) is 4.55. The molecule has 1 aromatic heterocycles. The van der Waals surface area contributed by atoms with E-state index in [-0.39, 0.29) is 36.0 Å². The van der Waals surface area contributed by atoms with Crippen LogP contribution in [0.15, 0.2) is 24.4 Å². The summed E-state index contributed by atoms with van der Waals surface area (Å²) in [7, 11) is 0. The Morgan fingerprint density at radius 1 is 1.09 bits per heavy atom. The molecule has 1 aliphatic carbocycles. The zero-order valence-corrected chi connectivity index (χ0v) is 18.7. The lowest BCUT2D eigenvalue weighted by molar-refractivity contribution is -0.137. The number of anilines is 3. The van der Waals surface area contributed by atoms with Crippen molar-refractivity contribution in [1.82, 2.24) is 14.9 Å². The molecule has 1 aromatic carbocycles. The Hall–Kier alpha value is -3.04. The summed E-state index contributed by atoms with van der Waals surface area (Å²) in [4.78, 5) is 22.6. The van der Waals surface area contributed by atoms with E-state index in [0.29, 0.717) is 5.69 Å². The van der Waals surface area contributed by atoms with Gasteiger partial charge in [-0.1, -0.05) is 6.07 Å². The van der Waals surface area contributed by atoms with Crippen LogP contribution in [0.4, 0.5) is 35.4 Å². The van der Waals surface area contributed by atoms with Crippen LogP contribution < -0.4 is 10.6 Å². The summed E-state index contributed by atoms with van der Waals surface area (Å²) in [6.07, 6.45) is -0.693. The SMILES string of the molecule is CC(C)(C)OC(=O)N1C2CCC1c1cc(Nc3ncc(C(F)(F)F)c(NC4CC4)n3)ccc12. The van der Waals surface area contributed by atoms with Crippen LogP contribution >= 0.6 is 0 Å². The third kappa shape index (κ3) is 4.30. The average Bonchev–Trinajstić information content (AvgIpc) is 3.32. The van der Waals surface area contributed by atoms with E-state index >= 15 is 0 Å². The van der Waals surface area contributed by atoms with Gasteiger partial charge in [-0.05, 0) is 69.7 Å². The number of hydrogen-bond donors (Lipinski definition) is 2. The predicted octanol–water partition coefficient (Wildman–Crippen LogP) is 5.94. The fraction of sp³-hybridized carbons (Fsp3) is 0.522. The normalized spacial score (nSPS) is 21.7. The molecular weight excluding hydrogens is 435 g/mol. The quantitative estimate of drug-likeness (QED) is 0.587. The number of carbonyl (C=O) groups excluding carboxylic acids is 1. The van der Waals surface area contributed by atoms with Crippen molar-refractivity contribution in [3.63, 3.8) is 0 Å².